The van der Waals surface area contributed by atoms with Crippen LogP contribution in [0.25, 0.3) is 0 Å². The van der Waals surface area contributed by atoms with Crippen molar-refractivity contribution in [3.05, 3.63) is 24.8 Å². The molecule has 0 spiro atoms. The summed E-state index contributed by atoms with van der Waals surface area (Å²) < 4.78 is 4.43. The molecule has 5 heteroatoms. The normalized spacial score (nSPS) is 8.67. The second-order valence-electron chi connectivity index (χ2n) is 1.59. The van der Waals surface area contributed by atoms with Crippen molar-refractivity contribution in [2.24, 2.45) is 0 Å². The first-order chi connectivity index (χ1) is 5.16. The van der Waals surface area contributed by atoms with E-state index in [1.807, 2.05) is 0 Å². The van der Waals surface area contributed by atoms with Crippen LogP contribution in [0.1, 0.15) is 0 Å². The van der Waals surface area contributed by atoms with Crippen LogP contribution in [0.4, 0.5) is 0 Å². The number of hydrogen-bond acceptors (Lipinski definition) is 3. The van der Waals surface area contributed by atoms with Gasteiger partial charge in [0.05, 0.1) is 0 Å². The maximum atomic E-state index is 10.5. The molecule has 0 unspecified atom stereocenters. The van der Waals surface area contributed by atoms with E-state index in [1.54, 1.807) is 0 Å². The molecule has 0 aromatic carbocycles. The average Bonchev–Trinajstić information content (AvgIpc) is 1.97. The number of esters is 1. The molecule has 4 nitrogen and oxygen atoms in total. The fourth-order valence-electron chi connectivity index (χ4n) is 0.329. The van der Waals surface area contributed by atoms with Gasteiger partial charge in [0.15, 0.2) is 0 Å². The standard InChI is InChI=1S/C7H8O4.Zn/c1-2-5-11-7(10)4-3-6(8)9;/h2-4H,1,5H2,(H,8,9);. The number of rotatable bonds is 4. The molecule has 0 aliphatic rings. The Bertz CT molecular complexity index is 198. The molecule has 0 fully saturated rings. The Kier molecular flexibility index (Phi) is 9.24. The van der Waals surface area contributed by atoms with Crippen LogP contribution < -0.4 is 0 Å². The topological polar surface area (TPSA) is 63.6 Å². The zero-order valence-electron chi connectivity index (χ0n) is 6.53. The average molecular weight is 222 g/mol. The molecule has 0 radical (unpaired) electrons. The van der Waals surface area contributed by atoms with E-state index in [2.05, 4.69) is 11.3 Å². The maximum Gasteiger partial charge on any atom is 0.331 e. The maximum absolute atomic E-state index is 10.5. The molecule has 0 heterocycles. The SMILES string of the molecule is C=CCOC(=O)C=CC(=O)O.[Zn]. The zero-order valence-corrected chi connectivity index (χ0v) is 9.49. The van der Waals surface area contributed by atoms with Gasteiger partial charge in [-0.05, 0) is 0 Å². The summed E-state index contributed by atoms with van der Waals surface area (Å²) in [6, 6.07) is 0. The molecule has 0 aromatic heterocycles. The van der Waals surface area contributed by atoms with E-state index in [1.165, 1.54) is 6.08 Å². The van der Waals surface area contributed by atoms with Crippen molar-refractivity contribution in [1.29, 1.82) is 0 Å². The van der Waals surface area contributed by atoms with Crippen molar-refractivity contribution in [1.82, 2.24) is 0 Å². The van der Waals surface area contributed by atoms with E-state index in [4.69, 9.17) is 5.11 Å². The van der Waals surface area contributed by atoms with E-state index < -0.39 is 11.9 Å². The van der Waals surface area contributed by atoms with Gasteiger partial charge in [0.25, 0.3) is 0 Å². The molecule has 0 rings (SSSR count). The molecular formula is C7H8O4Zn. The van der Waals surface area contributed by atoms with Gasteiger partial charge in [-0.1, -0.05) is 12.7 Å². The Morgan fingerprint density at radius 2 is 2.00 bits per heavy atom. The predicted molar refractivity (Wildman–Crippen MR) is 37.9 cm³/mol. The van der Waals surface area contributed by atoms with E-state index in [0.717, 1.165) is 6.08 Å². The molecule has 62 valence electrons. The second kappa shape index (κ2) is 8.14. The van der Waals surface area contributed by atoms with E-state index in [9.17, 15) is 9.59 Å². The molecule has 0 atom stereocenters. The Labute approximate surface area is 82.7 Å². The largest absolute Gasteiger partial charge is 0.478 e. The Morgan fingerprint density at radius 1 is 1.42 bits per heavy atom. The van der Waals surface area contributed by atoms with Gasteiger partial charge in [0.2, 0.25) is 0 Å². The van der Waals surface area contributed by atoms with Gasteiger partial charge in [-0.3, -0.25) is 0 Å². The first-order valence-corrected chi connectivity index (χ1v) is 2.85. The predicted octanol–water partition coefficient (Wildman–Crippen LogP) is 0.354. The fraction of sp³-hybridized carbons (Fsp3) is 0.143. The Morgan fingerprint density at radius 3 is 2.42 bits per heavy atom. The second-order valence-corrected chi connectivity index (χ2v) is 1.59. The van der Waals surface area contributed by atoms with Gasteiger partial charge in [-0.25, -0.2) is 9.59 Å². The van der Waals surface area contributed by atoms with Crippen molar-refractivity contribution in [3.63, 3.8) is 0 Å². The van der Waals surface area contributed by atoms with Crippen LogP contribution in [-0.2, 0) is 33.8 Å². The smallest absolute Gasteiger partial charge is 0.331 e. The monoisotopic (exact) mass is 220 g/mol. The Balaban J connectivity index is 0. The van der Waals surface area contributed by atoms with E-state index >= 15 is 0 Å². The van der Waals surface area contributed by atoms with Crippen LogP contribution in [-0.4, -0.2) is 23.7 Å². The summed E-state index contributed by atoms with van der Waals surface area (Å²) in [5.41, 5.74) is 0. The number of carboxylic acid groups (broad SMARTS) is 1. The van der Waals surface area contributed by atoms with Crippen molar-refractivity contribution in [3.8, 4) is 0 Å². The number of carboxylic acids is 1. The van der Waals surface area contributed by atoms with E-state index in [0.29, 0.717) is 6.08 Å². The molecule has 0 aliphatic heterocycles. The van der Waals surface area contributed by atoms with Crippen LogP contribution in [0.2, 0.25) is 0 Å². The molecule has 12 heavy (non-hydrogen) atoms. The minimum Gasteiger partial charge on any atom is -0.478 e. The number of carbonyl (C=O) groups excluding carboxylic acids is 1. The first-order valence-electron chi connectivity index (χ1n) is 2.85. The summed E-state index contributed by atoms with van der Waals surface area (Å²) in [6.07, 6.45) is 2.95. The molecule has 0 saturated heterocycles. The molecule has 0 amide bonds. The van der Waals surface area contributed by atoms with Crippen molar-refractivity contribution >= 4 is 11.9 Å². The molecule has 1 N–H and O–H groups in total. The van der Waals surface area contributed by atoms with Gasteiger partial charge in [-0.15, -0.1) is 0 Å². The van der Waals surface area contributed by atoms with Crippen LogP contribution in [0, 0.1) is 0 Å². The third-order valence-corrected chi connectivity index (χ3v) is 0.705. The summed E-state index contributed by atoms with van der Waals surface area (Å²) in [6.45, 7) is 3.40. The van der Waals surface area contributed by atoms with Crippen LogP contribution in [0.15, 0.2) is 24.8 Å². The van der Waals surface area contributed by atoms with Gasteiger partial charge >= 0.3 is 11.9 Å². The summed E-state index contributed by atoms with van der Waals surface area (Å²) in [7, 11) is 0. The third-order valence-electron chi connectivity index (χ3n) is 0.705. The number of hydrogen-bond donors (Lipinski definition) is 1. The summed E-state index contributed by atoms with van der Waals surface area (Å²) in [4.78, 5) is 20.3. The zero-order chi connectivity index (χ0) is 8.69. The number of carbonyl (C=O) groups is 2. The number of aliphatic carboxylic acids is 1. The summed E-state index contributed by atoms with van der Waals surface area (Å²) in [5.74, 6) is -1.87. The van der Waals surface area contributed by atoms with Gasteiger partial charge < -0.3 is 9.84 Å². The molecule has 0 aliphatic carbocycles. The van der Waals surface area contributed by atoms with Gasteiger partial charge in [-0.2, -0.15) is 0 Å². The summed E-state index contributed by atoms with van der Waals surface area (Å²) >= 11 is 0. The van der Waals surface area contributed by atoms with Crippen LogP contribution in [0.5, 0.6) is 0 Å². The van der Waals surface area contributed by atoms with Crippen LogP contribution in [0.3, 0.4) is 0 Å². The third kappa shape index (κ3) is 9.04. The molecular weight excluding hydrogens is 213 g/mol. The molecule has 0 saturated carbocycles. The minimum atomic E-state index is -1.18. The van der Waals surface area contributed by atoms with Gasteiger partial charge in [0.1, 0.15) is 6.61 Å². The minimum absolute atomic E-state index is 0. The Hall–Kier alpha value is -0.957. The van der Waals surface area contributed by atoms with Gasteiger partial charge in [0, 0.05) is 31.6 Å². The fourth-order valence-corrected chi connectivity index (χ4v) is 0.329. The number of ether oxygens (including phenoxy) is 1. The van der Waals surface area contributed by atoms with E-state index in [-0.39, 0.29) is 26.1 Å². The van der Waals surface area contributed by atoms with Crippen LogP contribution >= 0.6 is 0 Å². The van der Waals surface area contributed by atoms with Crippen molar-refractivity contribution < 1.29 is 38.9 Å². The molecule has 0 aromatic rings. The molecule has 0 bridgehead atoms. The van der Waals surface area contributed by atoms with Crippen molar-refractivity contribution in [2.75, 3.05) is 6.61 Å². The first kappa shape index (κ1) is 13.6. The summed E-state index contributed by atoms with van der Waals surface area (Å²) in [5, 5.41) is 8.07. The quantitative estimate of drug-likeness (QED) is 0.322. The van der Waals surface area contributed by atoms with Crippen molar-refractivity contribution in [2.45, 2.75) is 0 Å².